The predicted octanol–water partition coefficient (Wildman–Crippen LogP) is 3.91. The van der Waals surface area contributed by atoms with Gasteiger partial charge in [0.15, 0.2) is 5.82 Å². The summed E-state index contributed by atoms with van der Waals surface area (Å²) in [6, 6.07) is 7.98. The summed E-state index contributed by atoms with van der Waals surface area (Å²) in [6.45, 7) is 0. The minimum atomic E-state index is 0.509. The number of fused-ring (bicyclic) bond motifs is 1. The molecule has 1 aliphatic carbocycles. The number of aromatic nitrogens is 4. The third-order valence-electron chi connectivity index (χ3n) is 4.32. The minimum absolute atomic E-state index is 0.509. The molecule has 22 heavy (non-hydrogen) atoms. The Morgan fingerprint density at radius 3 is 2.59 bits per heavy atom. The summed E-state index contributed by atoms with van der Waals surface area (Å²) in [6.07, 6.45) is 6.32. The van der Waals surface area contributed by atoms with Crippen molar-refractivity contribution in [3.8, 4) is 16.3 Å². The first kappa shape index (κ1) is 13.7. The summed E-state index contributed by atoms with van der Waals surface area (Å²) < 4.78 is 7.15. The molecule has 0 aliphatic heterocycles. The molecule has 1 aromatic carbocycles. The van der Waals surface area contributed by atoms with Gasteiger partial charge in [-0.1, -0.05) is 30.6 Å². The number of hydrogen-bond donors (Lipinski definition) is 0. The summed E-state index contributed by atoms with van der Waals surface area (Å²) in [5.41, 5.74) is 1.09. The lowest BCUT2D eigenvalue weighted by molar-refractivity contribution is 0.415. The van der Waals surface area contributed by atoms with Crippen molar-refractivity contribution >= 4 is 16.3 Å². The largest absolute Gasteiger partial charge is 0.497 e. The second kappa shape index (κ2) is 5.68. The molecular weight excluding hydrogens is 296 g/mol. The maximum absolute atomic E-state index is 5.20. The van der Waals surface area contributed by atoms with E-state index in [2.05, 4.69) is 10.2 Å². The normalized spacial score (nSPS) is 16.2. The number of ether oxygens (including phenoxy) is 1. The van der Waals surface area contributed by atoms with E-state index >= 15 is 0 Å². The number of benzene rings is 1. The van der Waals surface area contributed by atoms with Gasteiger partial charge >= 0.3 is 0 Å². The molecule has 0 atom stereocenters. The lowest BCUT2D eigenvalue weighted by atomic mass is 9.89. The van der Waals surface area contributed by atoms with Crippen LogP contribution in [0.5, 0.6) is 5.75 Å². The van der Waals surface area contributed by atoms with Crippen LogP contribution in [0, 0.1) is 0 Å². The molecule has 6 heteroatoms. The Morgan fingerprint density at radius 1 is 1.09 bits per heavy atom. The highest BCUT2D eigenvalue weighted by atomic mass is 32.1. The molecule has 1 aliphatic rings. The van der Waals surface area contributed by atoms with Crippen LogP contribution in [0.1, 0.15) is 43.8 Å². The van der Waals surface area contributed by atoms with Gasteiger partial charge in [0, 0.05) is 11.5 Å². The maximum Gasteiger partial charge on any atom is 0.234 e. The second-order valence-corrected chi connectivity index (χ2v) is 6.68. The van der Waals surface area contributed by atoms with Crippen LogP contribution >= 0.6 is 11.3 Å². The van der Waals surface area contributed by atoms with E-state index in [-0.39, 0.29) is 0 Å². The van der Waals surface area contributed by atoms with Crippen molar-refractivity contribution in [3.05, 3.63) is 30.1 Å². The van der Waals surface area contributed by atoms with Gasteiger partial charge in [0.05, 0.1) is 7.11 Å². The number of rotatable bonds is 3. The highest BCUT2D eigenvalue weighted by Crippen LogP contribution is 2.33. The van der Waals surface area contributed by atoms with Crippen LogP contribution in [0.25, 0.3) is 15.5 Å². The maximum atomic E-state index is 5.20. The third-order valence-corrected chi connectivity index (χ3v) is 5.27. The molecule has 0 spiro atoms. The standard InChI is InChI=1S/C16H18N4OS/c1-21-13-9-7-12(8-10-13)15-19-20-14(17-18-16(20)22-15)11-5-3-2-4-6-11/h7-11H,2-6H2,1H3. The van der Waals surface area contributed by atoms with Gasteiger partial charge in [-0.15, -0.1) is 10.2 Å². The van der Waals surface area contributed by atoms with Gasteiger partial charge in [-0.3, -0.25) is 0 Å². The van der Waals surface area contributed by atoms with Crippen LogP contribution in [-0.2, 0) is 0 Å². The Balaban J connectivity index is 1.69. The zero-order valence-electron chi connectivity index (χ0n) is 12.5. The number of methoxy groups -OCH3 is 1. The number of nitrogens with zero attached hydrogens (tertiary/aromatic N) is 4. The van der Waals surface area contributed by atoms with Crippen LogP contribution in [-0.4, -0.2) is 26.9 Å². The van der Waals surface area contributed by atoms with Gasteiger partial charge in [-0.05, 0) is 37.1 Å². The molecule has 2 heterocycles. The first-order valence-corrected chi connectivity index (χ1v) is 8.53. The Hall–Kier alpha value is -1.95. The van der Waals surface area contributed by atoms with Gasteiger partial charge in [0.2, 0.25) is 4.96 Å². The van der Waals surface area contributed by atoms with Gasteiger partial charge in [0.25, 0.3) is 0 Å². The molecule has 1 saturated carbocycles. The molecule has 3 aromatic rings. The van der Waals surface area contributed by atoms with Crippen molar-refractivity contribution in [2.75, 3.05) is 7.11 Å². The molecule has 0 radical (unpaired) electrons. The zero-order chi connectivity index (χ0) is 14.9. The summed E-state index contributed by atoms with van der Waals surface area (Å²) >= 11 is 1.59. The quantitative estimate of drug-likeness (QED) is 0.735. The molecule has 0 saturated heterocycles. The van der Waals surface area contributed by atoms with E-state index in [4.69, 9.17) is 9.84 Å². The molecule has 5 nitrogen and oxygen atoms in total. The van der Waals surface area contributed by atoms with E-state index < -0.39 is 0 Å². The molecule has 0 N–H and O–H groups in total. The van der Waals surface area contributed by atoms with E-state index in [0.717, 1.165) is 27.1 Å². The molecule has 114 valence electrons. The van der Waals surface area contributed by atoms with Gasteiger partial charge in [0.1, 0.15) is 10.8 Å². The van der Waals surface area contributed by atoms with Crippen molar-refractivity contribution in [3.63, 3.8) is 0 Å². The fraction of sp³-hybridized carbons (Fsp3) is 0.438. The molecular formula is C16H18N4OS. The molecule has 0 bridgehead atoms. The molecule has 4 rings (SSSR count). The van der Waals surface area contributed by atoms with Crippen LogP contribution in [0.2, 0.25) is 0 Å². The summed E-state index contributed by atoms with van der Waals surface area (Å²) in [7, 11) is 1.68. The molecule has 2 aromatic heterocycles. The molecule has 0 unspecified atom stereocenters. The lowest BCUT2D eigenvalue weighted by Crippen LogP contribution is -2.09. The minimum Gasteiger partial charge on any atom is -0.497 e. The smallest absolute Gasteiger partial charge is 0.234 e. The van der Waals surface area contributed by atoms with Crippen molar-refractivity contribution in [1.82, 2.24) is 19.8 Å². The van der Waals surface area contributed by atoms with Gasteiger partial charge in [-0.2, -0.15) is 9.61 Å². The monoisotopic (exact) mass is 314 g/mol. The summed E-state index contributed by atoms with van der Waals surface area (Å²) in [5, 5.41) is 14.4. The van der Waals surface area contributed by atoms with Crippen molar-refractivity contribution in [2.24, 2.45) is 0 Å². The fourth-order valence-corrected chi connectivity index (χ4v) is 3.95. The van der Waals surface area contributed by atoms with Gasteiger partial charge in [-0.25, -0.2) is 0 Å². The highest BCUT2D eigenvalue weighted by Gasteiger charge is 2.23. The summed E-state index contributed by atoms with van der Waals surface area (Å²) in [4.78, 5) is 0.881. The number of hydrogen-bond acceptors (Lipinski definition) is 5. The summed E-state index contributed by atoms with van der Waals surface area (Å²) in [5.74, 6) is 2.40. The van der Waals surface area contributed by atoms with E-state index in [1.54, 1.807) is 18.4 Å². The molecule has 0 amide bonds. The van der Waals surface area contributed by atoms with E-state index in [1.807, 2.05) is 28.8 Å². The predicted molar refractivity (Wildman–Crippen MR) is 86.5 cm³/mol. The van der Waals surface area contributed by atoms with E-state index in [0.29, 0.717) is 5.92 Å². The zero-order valence-corrected chi connectivity index (χ0v) is 13.3. The lowest BCUT2D eigenvalue weighted by Gasteiger charge is -2.18. The van der Waals surface area contributed by atoms with Crippen molar-refractivity contribution in [1.29, 1.82) is 0 Å². The first-order chi connectivity index (χ1) is 10.8. The Kier molecular flexibility index (Phi) is 3.54. The Morgan fingerprint density at radius 2 is 1.86 bits per heavy atom. The third kappa shape index (κ3) is 2.37. The van der Waals surface area contributed by atoms with E-state index in [1.165, 1.54) is 32.1 Å². The van der Waals surface area contributed by atoms with Crippen molar-refractivity contribution in [2.45, 2.75) is 38.0 Å². The van der Waals surface area contributed by atoms with Crippen LogP contribution in [0.15, 0.2) is 24.3 Å². The topological polar surface area (TPSA) is 52.3 Å². The SMILES string of the molecule is COc1ccc(-c2nn3c(C4CCCCC4)nnc3s2)cc1. The van der Waals surface area contributed by atoms with Gasteiger partial charge < -0.3 is 4.74 Å². The Bertz CT molecular complexity index is 771. The Labute approximate surface area is 133 Å². The van der Waals surface area contributed by atoms with E-state index in [9.17, 15) is 0 Å². The average molecular weight is 314 g/mol. The van der Waals surface area contributed by atoms with Crippen LogP contribution in [0.4, 0.5) is 0 Å². The fourth-order valence-electron chi connectivity index (χ4n) is 3.10. The second-order valence-electron chi connectivity index (χ2n) is 5.72. The van der Waals surface area contributed by atoms with Crippen molar-refractivity contribution < 1.29 is 4.74 Å². The average Bonchev–Trinajstić information content (AvgIpc) is 3.16. The highest BCUT2D eigenvalue weighted by molar-refractivity contribution is 7.19. The van der Waals surface area contributed by atoms with Crippen LogP contribution < -0.4 is 4.74 Å². The first-order valence-electron chi connectivity index (χ1n) is 7.72. The van der Waals surface area contributed by atoms with Crippen LogP contribution in [0.3, 0.4) is 0 Å². The molecule has 1 fully saturated rings.